The zero-order valence-corrected chi connectivity index (χ0v) is 18.3. The number of anilines is 1. The Kier molecular flexibility index (Phi) is 5.72. The molecule has 2 heterocycles. The van der Waals surface area contributed by atoms with Crippen molar-refractivity contribution < 1.29 is 19.1 Å². The number of carbonyl (C=O) groups excluding carboxylic acids is 1. The number of para-hydroxylation sites is 1. The van der Waals surface area contributed by atoms with Gasteiger partial charge in [0.25, 0.3) is 11.5 Å². The van der Waals surface area contributed by atoms with E-state index in [1.54, 1.807) is 45.0 Å². The molecule has 0 radical (unpaired) electrons. The Morgan fingerprint density at radius 1 is 1.12 bits per heavy atom. The minimum absolute atomic E-state index is 0.213. The van der Waals surface area contributed by atoms with E-state index in [1.807, 2.05) is 36.4 Å². The summed E-state index contributed by atoms with van der Waals surface area (Å²) in [5.74, 6) is 0.719. The number of hydrogen-bond donors (Lipinski definition) is 1. The van der Waals surface area contributed by atoms with Gasteiger partial charge in [-0.1, -0.05) is 23.4 Å². The van der Waals surface area contributed by atoms with Gasteiger partial charge in [0, 0.05) is 19.0 Å². The van der Waals surface area contributed by atoms with Crippen LogP contribution in [0.2, 0.25) is 0 Å². The number of hydrogen-bond acceptors (Lipinski definition) is 6. The van der Waals surface area contributed by atoms with Gasteiger partial charge in [-0.3, -0.25) is 14.3 Å². The van der Waals surface area contributed by atoms with Crippen LogP contribution in [0.15, 0.2) is 58.5 Å². The van der Waals surface area contributed by atoms with Crippen LogP contribution in [0.4, 0.5) is 5.69 Å². The molecule has 166 valence electrons. The molecule has 2 aromatic carbocycles. The smallest absolute Gasteiger partial charge is 0.295 e. The highest BCUT2D eigenvalue weighted by Gasteiger charge is 2.31. The van der Waals surface area contributed by atoms with Crippen molar-refractivity contribution in [3.63, 3.8) is 0 Å². The lowest BCUT2D eigenvalue weighted by Crippen LogP contribution is -2.30. The van der Waals surface area contributed by atoms with Crippen molar-refractivity contribution >= 4 is 17.3 Å². The molecule has 3 aromatic rings. The molecule has 0 unspecified atom stereocenters. The van der Waals surface area contributed by atoms with Crippen LogP contribution in [-0.2, 0) is 16.7 Å². The Bertz CT molecular complexity index is 1240. The maximum absolute atomic E-state index is 13.0. The number of aromatic nitrogens is 2. The lowest BCUT2D eigenvalue weighted by atomic mass is 10.0. The van der Waals surface area contributed by atoms with Gasteiger partial charge < -0.3 is 19.6 Å². The average molecular weight is 436 g/mol. The van der Waals surface area contributed by atoms with Gasteiger partial charge in [-0.2, -0.15) is 0 Å². The van der Waals surface area contributed by atoms with Gasteiger partial charge in [0.1, 0.15) is 5.69 Å². The van der Waals surface area contributed by atoms with E-state index >= 15 is 0 Å². The standard InChI is InChI=1S/C23H24N4O5/c1-14-21(23(29)27(26(14)2)16-8-6-5-7-9-16)24-22(28)20-13-17(25-32-20)15-10-11-18(30-3)19(12-15)31-4/h5-12,20H,13H2,1-4H3,(H,24,28)/t20-/m0/s1. The molecule has 1 N–H and O–H groups in total. The van der Waals surface area contributed by atoms with E-state index < -0.39 is 12.0 Å². The van der Waals surface area contributed by atoms with E-state index in [0.29, 0.717) is 28.6 Å². The Balaban J connectivity index is 1.52. The minimum Gasteiger partial charge on any atom is -0.493 e. The summed E-state index contributed by atoms with van der Waals surface area (Å²) in [6.45, 7) is 1.78. The van der Waals surface area contributed by atoms with Crippen molar-refractivity contribution in [1.29, 1.82) is 0 Å². The lowest BCUT2D eigenvalue weighted by Gasteiger charge is -2.10. The zero-order chi connectivity index (χ0) is 22.8. The van der Waals surface area contributed by atoms with Crippen molar-refractivity contribution in [2.75, 3.05) is 19.5 Å². The molecule has 0 aliphatic carbocycles. The van der Waals surface area contributed by atoms with Crippen LogP contribution < -0.4 is 20.3 Å². The van der Waals surface area contributed by atoms with Gasteiger partial charge in [0.15, 0.2) is 11.5 Å². The molecular weight excluding hydrogens is 412 g/mol. The van der Waals surface area contributed by atoms with Crippen LogP contribution >= 0.6 is 0 Å². The molecule has 0 saturated heterocycles. The summed E-state index contributed by atoms with van der Waals surface area (Å²) in [4.78, 5) is 31.2. The maximum atomic E-state index is 13.0. The van der Waals surface area contributed by atoms with Crippen molar-refractivity contribution in [2.45, 2.75) is 19.4 Å². The van der Waals surface area contributed by atoms with E-state index in [4.69, 9.17) is 14.3 Å². The van der Waals surface area contributed by atoms with Crippen LogP contribution in [0.3, 0.4) is 0 Å². The Labute approximate surface area is 184 Å². The first kappa shape index (κ1) is 21.2. The van der Waals surface area contributed by atoms with Gasteiger partial charge in [0.05, 0.1) is 31.3 Å². The second kappa shape index (κ2) is 8.62. The number of nitrogens with zero attached hydrogens (tertiary/aromatic N) is 3. The first-order valence-corrected chi connectivity index (χ1v) is 10.0. The summed E-state index contributed by atoms with van der Waals surface area (Å²) in [6, 6.07) is 14.6. The van der Waals surface area contributed by atoms with Crippen LogP contribution in [0, 0.1) is 6.92 Å². The van der Waals surface area contributed by atoms with Gasteiger partial charge in [-0.05, 0) is 37.3 Å². The van der Waals surface area contributed by atoms with Crippen LogP contribution in [0.25, 0.3) is 5.69 Å². The maximum Gasteiger partial charge on any atom is 0.295 e. The number of rotatable bonds is 6. The number of methoxy groups -OCH3 is 2. The molecule has 1 aliphatic rings. The monoisotopic (exact) mass is 436 g/mol. The summed E-state index contributed by atoms with van der Waals surface area (Å²) >= 11 is 0. The van der Waals surface area contributed by atoms with Gasteiger partial charge in [-0.25, -0.2) is 4.68 Å². The van der Waals surface area contributed by atoms with E-state index in [9.17, 15) is 9.59 Å². The molecule has 0 spiro atoms. The molecule has 32 heavy (non-hydrogen) atoms. The predicted molar refractivity (Wildman–Crippen MR) is 120 cm³/mol. The number of carbonyl (C=O) groups is 1. The number of nitrogens with one attached hydrogen (secondary N) is 1. The summed E-state index contributed by atoms with van der Waals surface area (Å²) < 4.78 is 13.8. The van der Waals surface area contributed by atoms with Gasteiger partial charge >= 0.3 is 0 Å². The number of oxime groups is 1. The van der Waals surface area contributed by atoms with Gasteiger partial charge in [0.2, 0.25) is 6.10 Å². The number of amides is 1. The SMILES string of the molecule is COc1ccc(C2=NO[C@H](C(=O)Nc3c(C)n(C)n(-c4ccccc4)c3=O)C2)cc1OC. The minimum atomic E-state index is -0.845. The van der Waals surface area contributed by atoms with E-state index in [1.165, 1.54) is 4.68 Å². The summed E-state index contributed by atoms with van der Waals surface area (Å²) in [6.07, 6.45) is -0.581. The molecule has 1 amide bonds. The van der Waals surface area contributed by atoms with Crippen LogP contribution in [0.1, 0.15) is 17.7 Å². The highest BCUT2D eigenvalue weighted by atomic mass is 16.6. The molecule has 1 atom stereocenters. The molecule has 0 bridgehead atoms. The fourth-order valence-electron chi connectivity index (χ4n) is 3.62. The zero-order valence-electron chi connectivity index (χ0n) is 18.3. The van der Waals surface area contributed by atoms with Gasteiger partial charge in [-0.15, -0.1) is 0 Å². The van der Waals surface area contributed by atoms with Crippen LogP contribution in [-0.4, -0.2) is 41.3 Å². The third-order valence-corrected chi connectivity index (χ3v) is 5.48. The summed E-state index contributed by atoms with van der Waals surface area (Å²) in [5.41, 5.74) is 2.61. The van der Waals surface area contributed by atoms with E-state index in [0.717, 1.165) is 5.56 Å². The predicted octanol–water partition coefficient (Wildman–Crippen LogP) is 2.63. The second-order valence-corrected chi connectivity index (χ2v) is 7.33. The Hall–Kier alpha value is -4.01. The fourth-order valence-corrected chi connectivity index (χ4v) is 3.62. The highest BCUT2D eigenvalue weighted by Crippen LogP contribution is 2.29. The van der Waals surface area contributed by atoms with Crippen molar-refractivity contribution in [3.05, 3.63) is 70.1 Å². The van der Waals surface area contributed by atoms with E-state index in [-0.39, 0.29) is 17.7 Å². The quantitative estimate of drug-likeness (QED) is 0.641. The molecule has 9 heteroatoms. The lowest BCUT2D eigenvalue weighted by molar-refractivity contribution is -0.125. The van der Waals surface area contributed by atoms with E-state index in [2.05, 4.69) is 10.5 Å². The Morgan fingerprint density at radius 3 is 2.53 bits per heavy atom. The Morgan fingerprint density at radius 2 is 1.84 bits per heavy atom. The third-order valence-electron chi connectivity index (χ3n) is 5.48. The van der Waals surface area contributed by atoms with Crippen LogP contribution in [0.5, 0.6) is 11.5 Å². The molecule has 1 aliphatic heterocycles. The first-order valence-electron chi connectivity index (χ1n) is 10.0. The molecule has 1 aromatic heterocycles. The topological polar surface area (TPSA) is 96.1 Å². The first-order chi connectivity index (χ1) is 15.4. The number of benzene rings is 2. The number of ether oxygens (including phenoxy) is 2. The third kappa shape index (κ3) is 3.73. The van der Waals surface area contributed by atoms with Crippen molar-refractivity contribution in [1.82, 2.24) is 9.36 Å². The fraction of sp³-hybridized carbons (Fsp3) is 0.261. The summed E-state index contributed by atoms with van der Waals surface area (Å²) in [5, 5.41) is 6.80. The molecule has 9 nitrogen and oxygen atoms in total. The highest BCUT2D eigenvalue weighted by molar-refractivity contribution is 6.06. The molecule has 0 saturated carbocycles. The second-order valence-electron chi connectivity index (χ2n) is 7.33. The largest absolute Gasteiger partial charge is 0.493 e. The molecular formula is C23H24N4O5. The van der Waals surface area contributed by atoms with Crippen molar-refractivity contribution in [3.8, 4) is 17.2 Å². The molecule has 4 rings (SSSR count). The summed E-state index contributed by atoms with van der Waals surface area (Å²) in [7, 11) is 4.88. The normalized spacial score (nSPS) is 15.1. The average Bonchev–Trinajstić information content (AvgIpc) is 3.39. The molecule has 0 fully saturated rings. The van der Waals surface area contributed by atoms with Crippen molar-refractivity contribution in [2.24, 2.45) is 12.2 Å².